The van der Waals surface area contributed by atoms with E-state index in [1.54, 1.807) is 6.92 Å². The highest BCUT2D eigenvalue weighted by atomic mass is 19.4. The zero-order valence-electron chi connectivity index (χ0n) is 12.2. The lowest BCUT2D eigenvalue weighted by atomic mass is 10.1. The Hall–Kier alpha value is -2.44. The van der Waals surface area contributed by atoms with Gasteiger partial charge in [0, 0.05) is 6.20 Å². The molecular formula is C16H14F4N2O. The van der Waals surface area contributed by atoms with Crippen LogP contribution in [0.5, 0.6) is 0 Å². The lowest BCUT2D eigenvalue weighted by Crippen LogP contribution is -2.28. The molecule has 0 radical (unpaired) electrons. The van der Waals surface area contributed by atoms with Gasteiger partial charge in [-0.3, -0.25) is 9.78 Å². The van der Waals surface area contributed by atoms with Gasteiger partial charge >= 0.3 is 6.18 Å². The molecule has 0 aliphatic rings. The van der Waals surface area contributed by atoms with Crippen LogP contribution < -0.4 is 5.32 Å². The Labute approximate surface area is 130 Å². The van der Waals surface area contributed by atoms with Crippen LogP contribution in [0.25, 0.3) is 0 Å². The molecule has 0 bridgehead atoms. The first-order valence-corrected chi connectivity index (χ1v) is 6.81. The lowest BCUT2D eigenvalue weighted by Gasteiger charge is -2.14. The van der Waals surface area contributed by atoms with Crippen molar-refractivity contribution in [2.75, 3.05) is 0 Å². The molecule has 1 heterocycles. The van der Waals surface area contributed by atoms with Crippen LogP contribution in [0.4, 0.5) is 17.6 Å². The van der Waals surface area contributed by atoms with Crippen LogP contribution in [0, 0.1) is 5.82 Å². The van der Waals surface area contributed by atoms with Crippen LogP contribution in [0.2, 0.25) is 0 Å². The third kappa shape index (κ3) is 4.77. The number of benzene rings is 1. The molecule has 2 rings (SSSR count). The number of nitrogens with one attached hydrogen (secondary N) is 1. The topological polar surface area (TPSA) is 42.0 Å². The Kier molecular flexibility index (Phi) is 4.98. The molecule has 1 aromatic carbocycles. The maximum atomic E-state index is 13.1. The number of pyridine rings is 1. The van der Waals surface area contributed by atoms with Gasteiger partial charge in [-0.25, -0.2) is 4.39 Å². The Morgan fingerprint density at radius 1 is 1.22 bits per heavy atom. The highest BCUT2D eigenvalue weighted by Crippen LogP contribution is 2.29. The Balaban J connectivity index is 1.97. The van der Waals surface area contributed by atoms with Crippen LogP contribution in [0.3, 0.4) is 0 Å². The number of carbonyl (C=O) groups is 1. The fourth-order valence-corrected chi connectivity index (χ4v) is 2.04. The average Bonchev–Trinajstić information content (AvgIpc) is 2.46. The molecule has 1 unspecified atom stereocenters. The van der Waals surface area contributed by atoms with E-state index in [9.17, 15) is 22.4 Å². The zero-order chi connectivity index (χ0) is 17.0. The first-order chi connectivity index (χ1) is 10.8. The minimum absolute atomic E-state index is 0.0643. The van der Waals surface area contributed by atoms with Crippen LogP contribution in [0.1, 0.15) is 29.7 Å². The number of aromatic nitrogens is 1. The summed E-state index contributed by atoms with van der Waals surface area (Å²) in [6.07, 6.45) is -1.97. The van der Waals surface area contributed by atoms with Gasteiger partial charge in [-0.1, -0.05) is 12.1 Å². The van der Waals surface area contributed by atoms with Crippen molar-refractivity contribution in [2.24, 2.45) is 0 Å². The summed E-state index contributed by atoms with van der Waals surface area (Å²) in [5, 5.41) is 2.65. The molecule has 2 aromatic rings. The number of carbonyl (C=O) groups excluding carboxylic acids is 1. The highest BCUT2D eigenvalue weighted by molar-refractivity contribution is 5.79. The van der Waals surface area contributed by atoms with Gasteiger partial charge in [0.05, 0.1) is 24.2 Å². The molecule has 0 aliphatic heterocycles. The van der Waals surface area contributed by atoms with Gasteiger partial charge < -0.3 is 5.32 Å². The molecule has 0 fully saturated rings. The monoisotopic (exact) mass is 326 g/mol. The summed E-state index contributed by atoms with van der Waals surface area (Å²) in [6.45, 7) is 1.67. The maximum absolute atomic E-state index is 13.1. The predicted molar refractivity (Wildman–Crippen MR) is 75.9 cm³/mol. The van der Waals surface area contributed by atoms with E-state index in [0.29, 0.717) is 11.1 Å². The van der Waals surface area contributed by atoms with Gasteiger partial charge in [-0.15, -0.1) is 0 Å². The van der Waals surface area contributed by atoms with Crippen molar-refractivity contribution in [3.05, 3.63) is 65.2 Å². The van der Waals surface area contributed by atoms with Gasteiger partial charge in [0.25, 0.3) is 0 Å². The maximum Gasteiger partial charge on any atom is 0.416 e. The molecule has 1 N–H and O–H groups in total. The first kappa shape index (κ1) is 16.9. The van der Waals surface area contributed by atoms with Crippen molar-refractivity contribution in [1.82, 2.24) is 10.3 Å². The van der Waals surface area contributed by atoms with E-state index >= 15 is 0 Å². The normalized spacial score (nSPS) is 12.7. The van der Waals surface area contributed by atoms with Crippen molar-refractivity contribution >= 4 is 5.91 Å². The number of nitrogens with zero attached hydrogens (tertiary/aromatic N) is 1. The highest BCUT2D eigenvalue weighted by Gasteiger charge is 2.29. The predicted octanol–water partition coefficient (Wildman–Crippen LogP) is 3.66. The third-order valence-corrected chi connectivity index (χ3v) is 3.25. The summed E-state index contributed by atoms with van der Waals surface area (Å²) in [5.74, 6) is -0.882. The second kappa shape index (κ2) is 6.76. The largest absolute Gasteiger partial charge is 0.416 e. The summed E-state index contributed by atoms with van der Waals surface area (Å²) in [5.41, 5.74) is 0.201. The second-order valence-corrected chi connectivity index (χ2v) is 5.10. The summed E-state index contributed by atoms with van der Waals surface area (Å²) >= 11 is 0. The van der Waals surface area contributed by atoms with E-state index in [2.05, 4.69) is 10.3 Å². The van der Waals surface area contributed by atoms with E-state index in [1.165, 1.54) is 24.4 Å². The second-order valence-electron chi connectivity index (χ2n) is 5.10. The average molecular weight is 326 g/mol. The molecular weight excluding hydrogens is 312 g/mol. The lowest BCUT2D eigenvalue weighted by molar-refractivity contribution is -0.137. The van der Waals surface area contributed by atoms with Crippen molar-refractivity contribution in [3.8, 4) is 0 Å². The number of halogens is 4. The SMILES string of the molecule is CC(NC(=O)Cc1ccc(C(F)(F)F)cc1)c1cncc(F)c1. The van der Waals surface area contributed by atoms with Gasteiger partial charge in [-0.05, 0) is 36.2 Å². The molecule has 3 nitrogen and oxygen atoms in total. The van der Waals surface area contributed by atoms with Crippen molar-refractivity contribution in [2.45, 2.75) is 25.6 Å². The van der Waals surface area contributed by atoms with Crippen molar-refractivity contribution in [1.29, 1.82) is 0 Å². The quantitative estimate of drug-likeness (QED) is 0.871. The van der Waals surface area contributed by atoms with Crippen molar-refractivity contribution < 1.29 is 22.4 Å². The van der Waals surface area contributed by atoms with Crippen LogP contribution >= 0.6 is 0 Å². The molecule has 1 aromatic heterocycles. The molecule has 1 amide bonds. The third-order valence-electron chi connectivity index (χ3n) is 3.25. The van der Waals surface area contributed by atoms with E-state index in [1.807, 2.05) is 0 Å². The van der Waals surface area contributed by atoms with Crippen LogP contribution in [0.15, 0.2) is 42.7 Å². The fraction of sp³-hybridized carbons (Fsp3) is 0.250. The number of rotatable bonds is 4. The zero-order valence-corrected chi connectivity index (χ0v) is 12.2. The molecule has 0 saturated carbocycles. The van der Waals surface area contributed by atoms with Crippen LogP contribution in [-0.4, -0.2) is 10.9 Å². The summed E-state index contributed by atoms with van der Waals surface area (Å²) in [7, 11) is 0. The minimum Gasteiger partial charge on any atom is -0.349 e. The van der Waals surface area contributed by atoms with Crippen LogP contribution in [-0.2, 0) is 17.4 Å². The Bertz CT molecular complexity index is 683. The van der Waals surface area contributed by atoms with E-state index < -0.39 is 23.6 Å². The van der Waals surface area contributed by atoms with Gasteiger partial charge in [0.2, 0.25) is 5.91 Å². The number of hydrogen-bond donors (Lipinski definition) is 1. The van der Waals surface area contributed by atoms with E-state index in [-0.39, 0.29) is 12.3 Å². The Morgan fingerprint density at radius 3 is 2.43 bits per heavy atom. The number of alkyl halides is 3. The molecule has 0 aliphatic carbocycles. The van der Waals surface area contributed by atoms with Gasteiger partial charge in [0.1, 0.15) is 5.82 Å². The molecule has 122 valence electrons. The fourth-order valence-electron chi connectivity index (χ4n) is 2.04. The first-order valence-electron chi connectivity index (χ1n) is 6.81. The summed E-state index contributed by atoms with van der Waals surface area (Å²) in [4.78, 5) is 15.6. The molecule has 23 heavy (non-hydrogen) atoms. The Morgan fingerprint density at radius 2 is 1.87 bits per heavy atom. The van der Waals surface area contributed by atoms with Gasteiger partial charge in [-0.2, -0.15) is 13.2 Å². The van der Waals surface area contributed by atoms with E-state index in [0.717, 1.165) is 18.3 Å². The standard InChI is InChI=1S/C16H14F4N2O/c1-10(12-7-14(17)9-21-8-12)22-15(23)6-11-2-4-13(5-3-11)16(18,19)20/h2-5,7-10H,6H2,1H3,(H,22,23). The molecule has 1 atom stereocenters. The molecule has 7 heteroatoms. The summed E-state index contributed by atoms with van der Waals surface area (Å²) < 4.78 is 50.5. The molecule has 0 spiro atoms. The van der Waals surface area contributed by atoms with Crippen molar-refractivity contribution in [3.63, 3.8) is 0 Å². The van der Waals surface area contributed by atoms with E-state index in [4.69, 9.17) is 0 Å². The smallest absolute Gasteiger partial charge is 0.349 e. The summed E-state index contributed by atoms with van der Waals surface area (Å²) in [6, 6.07) is 5.19. The molecule has 0 saturated heterocycles. The minimum atomic E-state index is -4.40. The number of hydrogen-bond acceptors (Lipinski definition) is 2. The number of amides is 1. The van der Waals surface area contributed by atoms with Gasteiger partial charge in [0.15, 0.2) is 0 Å².